The quantitative estimate of drug-likeness (QED) is 0.881. The highest BCUT2D eigenvalue weighted by Crippen LogP contribution is 2.37. The topological polar surface area (TPSA) is 43.8 Å². The molecule has 128 valence electrons. The number of carboxylic acids is 1. The third-order valence-corrected chi connectivity index (χ3v) is 4.65. The van der Waals surface area contributed by atoms with Gasteiger partial charge in [-0.3, -0.25) is 4.79 Å². The van der Waals surface area contributed by atoms with Crippen LogP contribution in [-0.2, 0) is 10.2 Å². The maximum atomic E-state index is 12.3. The Hall–Kier alpha value is -2.49. The molecule has 0 saturated heterocycles. The number of hydrogen-bond donors (Lipinski definition) is 1. The minimum atomic E-state index is -1.03. The van der Waals surface area contributed by atoms with E-state index in [4.69, 9.17) is 0 Å². The second-order valence-corrected chi connectivity index (χ2v) is 6.45. The van der Waals surface area contributed by atoms with Crippen LogP contribution in [0.15, 0.2) is 48.5 Å². The fourth-order valence-electron chi connectivity index (χ4n) is 3.06. The summed E-state index contributed by atoms with van der Waals surface area (Å²) in [6.45, 7) is 1.92. The van der Waals surface area contributed by atoms with Crippen LogP contribution in [0.1, 0.15) is 24.5 Å². The van der Waals surface area contributed by atoms with Crippen LogP contribution >= 0.6 is 0 Å². The van der Waals surface area contributed by atoms with Crippen LogP contribution in [0.3, 0.4) is 0 Å². The van der Waals surface area contributed by atoms with Crippen LogP contribution in [0.2, 0.25) is 0 Å². The van der Waals surface area contributed by atoms with Crippen LogP contribution in [0.25, 0.3) is 0 Å². The van der Waals surface area contributed by atoms with Crippen molar-refractivity contribution in [2.75, 3.05) is 38.0 Å². The first-order valence-corrected chi connectivity index (χ1v) is 8.12. The molecule has 0 atom stereocenters. The van der Waals surface area contributed by atoms with Gasteiger partial charge in [0.15, 0.2) is 0 Å². The molecule has 0 aromatic heterocycles. The molecule has 2 aromatic carbocycles. The lowest BCUT2D eigenvalue weighted by atomic mass is 9.72. The van der Waals surface area contributed by atoms with Gasteiger partial charge in [-0.15, -0.1) is 0 Å². The zero-order valence-electron chi connectivity index (χ0n) is 15.1. The highest BCUT2D eigenvalue weighted by molar-refractivity contribution is 5.86. The Bertz CT molecular complexity index is 637. The van der Waals surface area contributed by atoms with Crippen molar-refractivity contribution in [1.82, 2.24) is 0 Å². The van der Waals surface area contributed by atoms with E-state index in [1.54, 1.807) is 0 Å². The first-order valence-electron chi connectivity index (χ1n) is 8.12. The predicted octanol–water partition coefficient (Wildman–Crippen LogP) is 3.60. The molecule has 4 nitrogen and oxygen atoms in total. The summed E-state index contributed by atoms with van der Waals surface area (Å²) in [5, 5.41) is 10.1. The minimum Gasteiger partial charge on any atom is -0.480 e. The molecule has 0 aliphatic heterocycles. The van der Waals surface area contributed by atoms with E-state index < -0.39 is 11.4 Å². The molecular weight excluding hydrogens is 300 g/mol. The number of aliphatic carboxylic acids is 1. The van der Waals surface area contributed by atoms with Gasteiger partial charge in [-0.2, -0.15) is 0 Å². The SMILES string of the molecule is CCC(C(=O)O)(c1ccc(N(C)C)cc1)c1ccc(N(C)C)cc1. The lowest BCUT2D eigenvalue weighted by molar-refractivity contribution is -0.142. The molecular formula is C20H26N2O2. The van der Waals surface area contributed by atoms with Gasteiger partial charge in [-0.05, 0) is 41.8 Å². The van der Waals surface area contributed by atoms with Crippen molar-refractivity contribution in [1.29, 1.82) is 0 Å². The summed E-state index contributed by atoms with van der Waals surface area (Å²) in [5.74, 6) is -0.819. The number of carbonyl (C=O) groups is 1. The summed E-state index contributed by atoms with van der Waals surface area (Å²) in [4.78, 5) is 16.3. The van der Waals surface area contributed by atoms with E-state index >= 15 is 0 Å². The van der Waals surface area contributed by atoms with E-state index in [-0.39, 0.29) is 0 Å². The second kappa shape index (κ2) is 6.95. The zero-order valence-corrected chi connectivity index (χ0v) is 15.1. The van der Waals surface area contributed by atoms with Crippen molar-refractivity contribution >= 4 is 17.3 Å². The van der Waals surface area contributed by atoms with Crippen LogP contribution < -0.4 is 9.80 Å². The number of anilines is 2. The largest absolute Gasteiger partial charge is 0.480 e. The summed E-state index contributed by atoms with van der Waals surface area (Å²) < 4.78 is 0. The standard InChI is InChI=1S/C20H26N2O2/c1-6-20(19(23)24,15-7-11-17(12-8-15)21(2)3)16-9-13-18(14-10-16)22(4)5/h7-14H,6H2,1-5H3,(H,23,24). The highest BCUT2D eigenvalue weighted by Gasteiger charge is 2.40. The molecule has 24 heavy (non-hydrogen) atoms. The molecule has 4 heteroatoms. The molecule has 0 unspecified atom stereocenters. The molecule has 0 aliphatic rings. The van der Waals surface area contributed by atoms with Crippen molar-refractivity contribution < 1.29 is 9.90 Å². The molecule has 0 fully saturated rings. The predicted molar refractivity (Wildman–Crippen MR) is 100 cm³/mol. The molecule has 0 saturated carbocycles. The van der Waals surface area contributed by atoms with E-state index in [1.165, 1.54) is 0 Å². The lowest BCUT2D eigenvalue weighted by Crippen LogP contribution is -2.36. The number of rotatable bonds is 6. The van der Waals surface area contributed by atoms with Crippen molar-refractivity contribution in [3.63, 3.8) is 0 Å². The summed E-state index contributed by atoms with van der Waals surface area (Å²) in [6, 6.07) is 15.6. The molecule has 0 radical (unpaired) electrons. The Kier molecular flexibility index (Phi) is 5.17. The van der Waals surface area contributed by atoms with Gasteiger partial charge in [0.05, 0.1) is 0 Å². The Morgan fingerprint density at radius 2 is 1.17 bits per heavy atom. The van der Waals surface area contributed by atoms with E-state index in [9.17, 15) is 9.90 Å². The molecule has 0 spiro atoms. The smallest absolute Gasteiger partial charge is 0.318 e. The van der Waals surface area contributed by atoms with Gasteiger partial charge in [0.2, 0.25) is 0 Å². The van der Waals surface area contributed by atoms with Gasteiger partial charge >= 0.3 is 5.97 Å². The van der Waals surface area contributed by atoms with Gasteiger partial charge < -0.3 is 14.9 Å². The Morgan fingerprint density at radius 1 is 0.833 bits per heavy atom. The molecule has 0 heterocycles. The van der Waals surface area contributed by atoms with Crippen LogP contribution in [-0.4, -0.2) is 39.3 Å². The normalized spacial score (nSPS) is 11.2. The maximum absolute atomic E-state index is 12.3. The monoisotopic (exact) mass is 326 g/mol. The summed E-state index contributed by atoms with van der Waals surface area (Å²) in [6.07, 6.45) is 0.491. The number of nitrogens with zero attached hydrogens (tertiary/aromatic N) is 2. The fraction of sp³-hybridized carbons (Fsp3) is 0.350. The molecule has 0 bridgehead atoms. The van der Waals surface area contributed by atoms with Crippen molar-refractivity contribution in [2.45, 2.75) is 18.8 Å². The summed E-state index contributed by atoms with van der Waals surface area (Å²) in [7, 11) is 7.89. The lowest BCUT2D eigenvalue weighted by Gasteiger charge is -2.30. The fourth-order valence-corrected chi connectivity index (χ4v) is 3.06. The molecule has 0 amide bonds. The van der Waals surface area contributed by atoms with Gasteiger partial charge in [0, 0.05) is 39.6 Å². The number of benzene rings is 2. The second-order valence-electron chi connectivity index (χ2n) is 6.45. The minimum absolute atomic E-state index is 0.491. The van der Waals surface area contributed by atoms with Gasteiger partial charge in [-0.25, -0.2) is 0 Å². The van der Waals surface area contributed by atoms with Gasteiger partial charge in [0.25, 0.3) is 0 Å². The van der Waals surface area contributed by atoms with Gasteiger partial charge in [0.1, 0.15) is 5.41 Å². The highest BCUT2D eigenvalue weighted by atomic mass is 16.4. The zero-order chi connectivity index (χ0) is 17.9. The number of hydrogen-bond acceptors (Lipinski definition) is 3. The third-order valence-electron chi connectivity index (χ3n) is 4.65. The Balaban J connectivity index is 2.55. The average Bonchev–Trinajstić information content (AvgIpc) is 2.56. The Labute approximate surface area is 144 Å². The Morgan fingerprint density at radius 3 is 1.38 bits per heavy atom. The van der Waals surface area contributed by atoms with E-state index in [1.807, 2.05) is 93.4 Å². The first-order chi connectivity index (χ1) is 11.3. The van der Waals surface area contributed by atoms with E-state index in [0.29, 0.717) is 6.42 Å². The van der Waals surface area contributed by atoms with Crippen LogP contribution in [0, 0.1) is 0 Å². The number of carboxylic acid groups (broad SMARTS) is 1. The van der Waals surface area contributed by atoms with Crippen molar-refractivity contribution in [3.8, 4) is 0 Å². The summed E-state index contributed by atoms with van der Waals surface area (Å²) in [5.41, 5.74) is 2.69. The van der Waals surface area contributed by atoms with Gasteiger partial charge in [-0.1, -0.05) is 31.2 Å². The summed E-state index contributed by atoms with van der Waals surface area (Å²) >= 11 is 0. The molecule has 0 aliphatic carbocycles. The molecule has 2 aromatic rings. The van der Waals surface area contributed by atoms with Crippen LogP contribution in [0.5, 0.6) is 0 Å². The molecule has 2 rings (SSSR count). The van der Waals surface area contributed by atoms with Crippen LogP contribution in [0.4, 0.5) is 11.4 Å². The van der Waals surface area contributed by atoms with E-state index in [2.05, 4.69) is 0 Å². The van der Waals surface area contributed by atoms with Crippen molar-refractivity contribution in [2.24, 2.45) is 0 Å². The third kappa shape index (κ3) is 3.09. The maximum Gasteiger partial charge on any atom is 0.318 e. The van der Waals surface area contributed by atoms with Crippen molar-refractivity contribution in [3.05, 3.63) is 59.7 Å². The average molecular weight is 326 g/mol. The van der Waals surface area contributed by atoms with E-state index in [0.717, 1.165) is 22.5 Å². The molecule has 1 N–H and O–H groups in total. The first kappa shape index (κ1) is 17.9.